The van der Waals surface area contributed by atoms with Crippen molar-refractivity contribution in [2.45, 2.75) is 38.9 Å². The Balaban J connectivity index is 4.29. The number of aliphatic carboxylic acids is 1. The van der Waals surface area contributed by atoms with Crippen LogP contribution < -0.4 is 37.6 Å². The van der Waals surface area contributed by atoms with Crippen LogP contribution in [0.4, 0.5) is 0 Å². The van der Waals surface area contributed by atoms with Crippen LogP contribution in [0, 0.1) is 0 Å². The summed E-state index contributed by atoms with van der Waals surface area (Å²) in [4.78, 5) is 80.5. The molecule has 0 aromatic heterocycles. The topological polar surface area (TPSA) is 238 Å². The SMILES string of the molecule is C[C@H](NC(=O)CN)C(=O)NCC(=O)N[C@@H](C)C(=O)NCC(=O)N[C@@H](C)C(=O)NCC(=O)O. The van der Waals surface area contributed by atoms with E-state index in [0.717, 1.165) is 0 Å². The fraction of sp³-hybridized carbons (Fsp3) is 0.588. The van der Waals surface area contributed by atoms with Gasteiger partial charge in [-0.3, -0.25) is 33.6 Å². The van der Waals surface area contributed by atoms with E-state index < -0.39 is 79.2 Å². The Morgan fingerprint density at radius 2 is 0.938 bits per heavy atom. The molecule has 0 aliphatic heterocycles. The van der Waals surface area contributed by atoms with Crippen molar-refractivity contribution in [2.75, 3.05) is 26.2 Å². The van der Waals surface area contributed by atoms with Crippen molar-refractivity contribution >= 4 is 41.4 Å². The van der Waals surface area contributed by atoms with E-state index in [9.17, 15) is 33.6 Å². The van der Waals surface area contributed by atoms with Crippen LogP contribution in [0.5, 0.6) is 0 Å². The van der Waals surface area contributed by atoms with Crippen LogP contribution in [0.1, 0.15) is 20.8 Å². The van der Waals surface area contributed by atoms with Gasteiger partial charge in [0.2, 0.25) is 35.4 Å². The summed E-state index contributed by atoms with van der Waals surface area (Å²) < 4.78 is 0. The van der Waals surface area contributed by atoms with Gasteiger partial charge in [0.25, 0.3) is 0 Å². The third-order valence-corrected chi connectivity index (χ3v) is 3.76. The molecule has 180 valence electrons. The number of nitrogens with one attached hydrogen (secondary N) is 6. The van der Waals surface area contributed by atoms with Crippen LogP contribution >= 0.6 is 0 Å². The Labute approximate surface area is 183 Å². The van der Waals surface area contributed by atoms with E-state index in [2.05, 4.69) is 31.9 Å². The molecular weight excluding hydrogens is 430 g/mol. The van der Waals surface area contributed by atoms with Crippen molar-refractivity contribution in [2.24, 2.45) is 5.73 Å². The Kier molecular flexibility index (Phi) is 12.6. The number of nitrogens with two attached hydrogens (primary N) is 1. The van der Waals surface area contributed by atoms with Gasteiger partial charge in [0, 0.05) is 0 Å². The highest BCUT2D eigenvalue weighted by molar-refractivity contribution is 5.94. The normalized spacial score (nSPS) is 12.9. The number of rotatable bonds is 13. The van der Waals surface area contributed by atoms with E-state index in [-0.39, 0.29) is 6.54 Å². The zero-order valence-electron chi connectivity index (χ0n) is 17.9. The lowest BCUT2D eigenvalue weighted by Gasteiger charge is -2.17. The van der Waals surface area contributed by atoms with Crippen molar-refractivity contribution in [3.05, 3.63) is 0 Å². The first-order valence-electron chi connectivity index (χ1n) is 9.50. The van der Waals surface area contributed by atoms with E-state index >= 15 is 0 Å². The first kappa shape index (κ1) is 28.2. The number of hydrogen-bond acceptors (Lipinski definition) is 8. The fourth-order valence-electron chi connectivity index (χ4n) is 2.04. The van der Waals surface area contributed by atoms with Gasteiger partial charge in [0.1, 0.15) is 24.7 Å². The van der Waals surface area contributed by atoms with E-state index in [1.54, 1.807) is 0 Å². The van der Waals surface area contributed by atoms with Gasteiger partial charge in [-0.15, -0.1) is 0 Å². The minimum absolute atomic E-state index is 0.292. The maximum Gasteiger partial charge on any atom is 0.322 e. The van der Waals surface area contributed by atoms with E-state index in [0.29, 0.717) is 0 Å². The first-order valence-corrected chi connectivity index (χ1v) is 9.50. The van der Waals surface area contributed by atoms with E-state index in [1.165, 1.54) is 20.8 Å². The van der Waals surface area contributed by atoms with Gasteiger partial charge in [0.05, 0.1) is 19.6 Å². The number of carbonyl (C=O) groups excluding carboxylic acids is 6. The van der Waals surface area contributed by atoms with Crippen LogP contribution in [-0.2, 0) is 33.6 Å². The Hall–Kier alpha value is -3.75. The number of carbonyl (C=O) groups is 7. The molecule has 0 rings (SSSR count). The second-order valence-electron chi connectivity index (χ2n) is 6.62. The van der Waals surface area contributed by atoms with Gasteiger partial charge in [-0.25, -0.2) is 0 Å². The zero-order chi connectivity index (χ0) is 24.8. The molecule has 0 unspecified atom stereocenters. The van der Waals surface area contributed by atoms with Gasteiger partial charge in [0.15, 0.2) is 0 Å². The van der Waals surface area contributed by atoms with Crippen molar-refractivity contribution in [1.82, 2.24) is 31.9 Å². The van der Waals surface area contributed by atoms with E-state index in [1.807, 2.05) is 0 Å². The van der Waals surface area contributed by atoms with Gasteiger partial charge < -0.3 is 42.7 Å². The van der Waals surface area contributed by atoms with Crippen LogP contribution in [-0.4, -0.2) is 90.8 Å². The van der Waals surface area contributed by atoms with Crippen LogP contribution in [0.25, 0.3) is 0 Å². The van der Waals surface area contributed by atoms with Crippen molar-refractivity contribution in [1.29, 1.82) is 0 Å². The van der Waals surface area contributed by atoms with Gasteiger partial charge in [-0.05, 0) is 20.8 Å². The molecule has 0 heterocycles. The standard InChI is InChI=1S/C17H29N7O8/c1-8(22-11(25)4-18)15(30)19-5-12(26)23-9(2)16(31)20-6-13(27)24-10(3)17(32)21-7-14(28)29/h8-10H,4-7,18H2,1-3H3,(H,19,30)(H,20,31)(H,21,32)(H,22,25)(H,23,26)(H,24,27)(H,28,29)/t8-,9-,10-/m0/s1. The molecule has 0 aromatic carbocycles. The number of carboxylic acids is 1. The predicted molar refractivity (Wildman–Crippen MR) is 109 cm³/mol. The molecule has 15 nitrogen and oxygen atoms in total. The summed E-state index contributed by atoms with van der Waals surface area (Å²) in [5.74, 6) is -5.23. The van der Waals surface area contributed by atoms with E-state index in [4.69, 9.17) is 10.8 Å². The molecular formula is C17H29N7O8. The van der Waals surface area contributed by atoms with Gasteiger partial charge in [-0.1, -0.05) is 0 Å². The van der Waals surface area contributed by atoms with Gasteiger partial charge in [-0.2, -0.15) is 0 Å². The first-order chi connectivity index (χ1) is 14.9. The molecule has 0 spiro atoms. The molecule has 0 bridgehead atoms. The molecule has 0 fully saturated rings. The molecule has 32 heavy (non-hydrogen) atoms. The third kappa shape index (κ3) is 12.1. The summed E-state index contributed by atoms with van der Waals surface area (Å²) in [5.41, 5.74) is 5.12. The lowest BCUT2D eigenvalue weighted by atomic mass is 10.3. The smallest absolute Gasteiger partial charge is 0.322 e. The highest BCUT2D eigenvalue weighted by atomic mass is 16.4. The molecule has 3 atom stereocenters. The summed E-state index contributed by atoms with van der Waals surface area (Å²) in [6.07, 6.45) is 0. The molecule has 0 aromatic rings. The summed E-state index contributed by atoms with van der Waals surface area (Å²) in [6, 6.07) is -2.99. The maximum atomic E-state index is 12.0. The largest absolute Gasteiger partial charge is 0.480 e. The Bertz CT molecular complexity index is 742. The second kappa shape index (κ2) is 14.3. The molecule has 0 aliphatic rings. The maximum absolute atomic E-state index is 12.0. The molecule has 0 saturated heterocycles. The molecule has 0 radical (unpaired) electrons. The third-order valence-electron chi connectivity index (χ3n) is 3.76. The number of amides is 6. The number of hydrogen-bond donors (Lipinski definition) is 8. The lowest BCUT2D eigenvalue weighted by Crippen LogP contribution is -2.52. The lowest BCUT2D eigenvalue weighted by molar-refractivity contribution is -0.138. The fourth-order valence-corrected chi connectivity index (χ4v) is 2.04. The molecule has 0 aliphatic carbocycles. The summed E-state index contributed by atoms with van der Waals surface area (Å²) in [7, 11) is 0. The predicted octanol–water partition coefficient (Wildman–Crippen LogP) is -5.11. The minimum Gasteiger partial charge on any atom is -0.480 e. The second-order valence-corrected chi connectivity index (χ2v) is 6.62. The van der Waals surface area contributed by atoms with Crippen LogP contribution in [0.15, 0.2) is 0 Å². The van der Waals surface area contributed by atoms with Crippen molar-refractivity contribution < 1.29 is 38.7 Å². The highest BCUT2D eigenvalue weighted by Gasteiger charge is 2.20. The summed E-state index contributed by atoms with van der Waals surface area (Å²) >= 11 is 0. The quantitative estimate of drug-likeness (QED) is 0.131. The number of carboxylic acid groups (broad SMARTS) is 1. The van der Waals surface area contributed by atoms with Gasteiger partial charge >= 0.3 is 5.97 Å². The average Bonchev–Trinajstić information content (AvgIpc) is 2.73. The molecule has 0 saturated carbocycles. The summed E-state index contributed by atoms with van der Waals surface area (Å²) in [6.45, 7) is 2.23. The highest BCUT2D eigenvalue weighted by Crippen LogP contribution is 1.86. The van der Waals surface area contributed by atoms with Crippen LogP contribution in [0.3, 0.4) is 0 Å². The van der Waals surface area contributed by atoms with Crippen molar-refractivity contribution in [3.63, 3.8) is 0 Å². The molecule has 15 heteroatoms. The van der Waals surface area contributed by atoms with Crippen LogP contribution in [0.2, 0.25) is 0 Å². The van der Waals surface area contributed by atoms with Crippen molar-refractivity contribution in [3.8, 4) is 0 Å². The average molecular weight is 459 g/mol. The Morgan fingerprint density at radius 1 is 0.625 bits per heavy atom. The summed E-state index contributed by atoms with van der Waals surface area (Å²) in [5, 5.41) is 22.0. The molecule has 9 N–H and O–H groups in total. The zero-order valence-corrected chi connectivity index (χ0v) is 17.9. The monoisotopic (exact) mass is 459 g/mol. The molecule has 6 amide bonds. The minimum atomic E-state index is -1.24. The Morgan fingerprint density at radius 3 is 1.25 bits per heavy atom.